The van der Waals surface area contributed by atoms with Gasteiger partial charge in [-0.1, -0.05) is 23.2 Å². The summed E-state index contributed by atoms with van der Waals surface area (Å²) in [5, 5.41) is 0.933. The summed E-state index contributed by atoms with van der Waals surface area (Å²) in [5.41, 5.74) is 1.33. The molecule has 0 unspecified atom stereocenters. The van der Waals surface area contributed by atoms with Gasteiger partial charge in [0.05, 0.1) is 23.1 Å². The van der Waals surface area contributed by atoms with Crippen LogP contribution in [0.25, 0.3) is 11.4 Å². The molecule has 2 aromatic heterocycles. The molecule has 0 amide bonds. The van der Waals surface area contributed by atoms with Crippen molar-refractivity contribution in [1.82, 2.24) is 15.0 Å². The van der Waals surface area contributed by atoms with Gasteiger partial charge in [0.1, 0.15) is 10.8 Å². The molecule has 2 rings (SSSR count). The zero-order valence-corrected chi connectivity index (χ0v) is 8.50. The maximum absolute atomic E-state index is 5.71. The fraction of sp³-hybridized carbons (Fsp3) is 0. The first-order valence-corrected chi connectivity index (χ1v) is 4.61. The molecule has 0 atom stereocenters. The first-order valence-electron chi connectivity index (χ1n) is 3.85. The SMILES string of the molecule is Clc1ccc(-c2cncc(Cl)n2)nc1. The Hall–Kier alpha value is -1.19. The van der Waals surface area contributed by atoms with E-state index in [9.17, 15) is 0 Å². The zero-order valence-electron chi connectivity index (χ0n) is 6.98. The molecule has 0 saturated carbocycles. The van der Waals surface area contributed by atoms with E-state index in [1.807, 2.05) is 0 Å². The van der Waals surface area contributed by atoms with Crippen molar-refractivity contribution < 1.29 is 0 Å². The van der Waals surface area contributed by atoms with E-state index in [1.54, 1.807) is 24.5 Å². The highest BCUT2D eigenvalue weighted by Crippen LogP contribution is 2.16. The minimum atomic E-state index is 0.347. The second-order valence-corrected chi connectivity index (χ2v) is 3.41. The molecule has 70 valence electrons. The summed E-state index contributed by atoms with van der Waals surface area (Å²) in [6.45, 7) is 0. The second kappa shape index (κ2) is 3.90. The number of hydrogen-bond donors (Lipinski definition) is 0. The van der Waals surface area contributed by atoms with Crippen LogP contribution in [0.3, 0.4) is 0 Å². The number of aromatic nitrogens is 3. The topological polar surface area (TPSA) is 38.7 Å². The van der Waals surface area contributed by atoms with Crippen molar-refractivity contribution in [2.24, 2.45) is 0 Å². The van der Waals surface area contributed by atoms with Gasteiger partial charge in [0.15, 0.2) is 0 Å². The van der Waals surface area contributed by atoms with Crippen LogP contribution in [0.15, 0.2) is 30.7 Å². The third kappa shape index (κ3) is 2.00. The quantitative estimate of drug-likeness (QED) is 0.750. The summed E-state index contributed by atoms with van der Waals surface area (Å²) in [5.74, 6) is 0. The smallest absolute Gasteiger partial charge is 0.148 e. The molecule has 14 heavy (non-hydrogen) atoms. The molecule has 0 spiro atoms. The lowest BCUT2D eigenvalue weighted by Gasteiger charge is -1.98. The predicted molar refractivity (Wildman–Crippen MR) is 55.3 cm³/mol. The van der Waals surface area contributed by atoms with Gasteiger partial charge >= 0.3 is 0 Å². The largest absolute Gasteiger partial charge is 0.259 e. The zero-order chi connectivity index (χ0) is 9.97. The van der Waals surface area contributed by atoms with Crippen molar-refractivity contribution in [2.75, 3.05) is 0 Å². The van der Waals surface area contributed by atoms with Crippen molar-refractivity contribution in [3.63, 3.8) is 0 Å². The normalized spacial score (nSPS) is 10.1. The maximum atomic E-state index is 5.71. The highest BCUT2D eigenvalue weighted by atomic mass is 35.5. The number of nitrogens with zero attached hydrogens (tertiary/aromatic N) is 3. The lowest BCUT2D eigenvalue weighted by molar-refractivity contribution is 1.18. The molecule has 0 saturated heterocycles. The molecule has 2 heterocycles. The Bertz CT molecular complexity index is 442. The molecular formula is C9H5Cl2N3. The fourth-order valence-corrected chi connectivity index (χ4v) is 1.25. The van der Waals surface area contributed by atoms with Gasteiger partial charge in [-0.3, -0.25) is 9.97 Å². The Morgan fingerprint density at radius 1 is 0.929 bits per heavy atom. The average molecular weight is 226 g/mol. The molecule has 0 aromatic carbocycles. The van der Waals surface area contributed by atoms with E-state index in [0.717, 1.165) is 0 Å². The monoisotopic (exact) mass is 225 g/mol. The van der Waals surface area contributed by atoms with Crippen molar-refractivity contribution in [2.45, 2.75) is 0 Å². The average Bonchev–Trinajstić information content (AvgIpc) is 2.19. The Balaban J connectivity index is 2.44. The van der Waals surface area contributed by atoms with E-state index in [-0.39, 0.29) is 0 Å². The minimum absolute atomic E-state index is 0.347. The van der Waals surface area contributed by atoms with Crippen LogP contribution < -0.4 is 0 Å². The van der Waals surface area contributed by atoms with Crippen molar-refractivity contribution >= 4 is 23.2 Å². The molecule has 0 aliphatic heterocycles. The highest BCUT2D eigenvalue weighted by Gasteiger charge is 2.01. The summed E-state index contributed by atoms with van der Waals surface area (Å²) in [4.78, 5) is 12.1. The molecule has 5 heteroatoms. The molecule has 0 bridgehead atoms. The van der Waals surface area contributed by atoms with Gasteiger partial charge in [-0.2, -0.15) is 0 Å². The Labute approximate surface area is 90.8 Å². The van der Waals surface area contributed by atoms with Crippen LogP contribution in [-0.2, 0) is 0 Å². The van der Waals surface area contributed by atoms with Gasteiger partial charge in [-0.15, -0.1) is 0 Å². The van der Waals surface area contributed by atoms with Crippen LogP contribution in [0, 0.1) is 0 Å². The van der Waals surface area contributed by atoms with Crippen LogP contribution in [0.5, 0.6) is 0 Å². The second-order valence-electron chi connectivity index (χ2n) is 2.59. The summed E-state index contributed by atoms with van der Waals surface area (Å²) in [7, 11) is 0. The van der Waals surface area contributed by atoms with E-state index >= 15 is 0 Å². The van der Waals surface area contributed by atoms with Crippen LogP contribution >= 0.6 is 23.2 Å². The molecule has 0 N–H and O–H groups in total. The van der Waals surface area contributed by atoms with E-state index in [0.29, 0.717) is 21.6 Å². The van der Waals surface area contributed by atoms with E-state index < -0.39 is 0 Å². The summed E-state index contributed by atoms with van der Waals surface area (Å²) < 4.78 is 0. The molecule has 0 aliphatic rings. The lowest BCUT2D eigenvalue weighted by Crippen LogP contribution is -1.88. The van der Waals surface area contributed by atoms with E-state index in [4.69, 9.17) is 23.2 Å². The van der Waals surface area contributed by atoms with Gasteiger partial charge in [0.2, 0.25) is 0 Å². The molecular weight excluding hydrogens is 221 g/mol. The van der Waals surface area contributed by atoms with Crippen molar-refractivity contribution in [1.29, 1.82) is 0 Å². The predicted octanol–water partition coefficient (Wildman–Crippen LogP) is 2.85. The summed E-state index contributed by atoms with van der Waals surface area (Å²) in [6, 6.07) is 3.51. The van der Waals surface area contributed by atoms with Crippen LogP contribution in [0.2, 0.25) is 10.2 Å². The van der Waals surface area contributed by atoms with E-state index in [2.05, 4.69) is 15.0 Å². The van der Waals surface area contributed by atoms with Gasteiger partial charge in [-0.25, -0.2) is 4.98 Å². The lowest BCUT2D eigenvalue weighted by atomic mass is 10.3. The molecule has 0 radical (unpaired) electrons. The van der Waals surface area contributed by atoms with Crippen molar-refractivity contribution in [3.8, 4) is 11.4 Å². The third-order valence-electron chi connectivity index (χ3n) is 1.59. The van der Waals surface area contributed by atoms with Crippen LogP contribution in [0.1, 0.15) is 0 Å². The Morgan fingerprint density at radius 3 is 2.43 bits per heavy atom. The van der Waals surface area contributed by atoms with Gasteiger partial charge < -0.3 is 0 Å². The van der Waals surface area contributed by atoms with Crippen LogP contribution in [-0.4, -0.2) is 15.0 Å². The van der Waals surface area contributed by atoms with Gasteiger partial charge in [-0.05, 0) is 12.1 Å². The fourth-order valence-electron chi connectivity index (χ4n) is 0.993. The minimum Gasteiger partial charge on any atom is -0.259 e. The Morgan fingerprint density at radius 2 is 1.79 bits per heavy atom. The van der Waals surface area contributed by atoms with Crippen molar-refractivity contribution in [3.05, 3.63) is 40.9 Å². The van der Waals surface area contributed by atoms with Gasteiger partial charge in [0.25, 0.3) is 0 Å². The third-order valence-corrected chi connectivity index (χ3v) is 2.00. The van der Waals surface area contributed by atoms with E-state index in [1.165, 1.54) is 6.20 Å². The molecule has 2 aromatic rings. The number of halogens is 2. The first-order chi connectivity index (χ1) is 6.75. The summed E-state index contributed by atoms with van der Waals surface area (Å²) in [6.07, 6.45) is 4.63. The maximum Gasteiger partial charge on any atom is 0.148 e. The molecule has 0 fully saturated rings. The number of rotatable bonds is 1. The first kappa shape index (κ1) is 9.37. The molecule has 3 nitrogen and oxygen atoms in total. The highest BCUT2D eigenvalue weighted by molar-refractivity contribution is 6.30. The Kier molecular flexibility index (Phi) is 2.61. The summed E-state index contributed by atoms with van der Waals surface area (Å²) >= 11 is 11.4. The standard InChI is InChI=1S/C9H5Cl2N3/c10-6-1-2-7(13-3-6)8-4-12-5-9(11)14-8/h1-5H. The van der Waals surface area contributed by atoms with Crippen LogP contribution in [0.4, 0.5) is 0 Å². The number of pyridine rings is 1. The molecule has 0 aliphatic carbocycles. The van der Waals surface area contributed by atoms with Gasteiger partial charge in [0, 0.05) is 6.20 Å². The number of hydrogen-bond acceptors (Lipinski definition) is 3.